The molecular formula is C14H23N3O2. The fourth-order valence-corrected chi connectivity index (χ4v) is 2.57. The van der Waals surface area contributed by atoms with Gasteiger partial charge in [0, 0.05) is 13.1 Å². The van der Waals surface area contributed by atoms with Crippen molar-refractivity contribution in [3.63, 3.8) is 0 Å². The summed E-state index contributed by atoms with van der Waals surface area (Å²) in [7, 11) is 0. The summed E-state index contributed by atoms with van der Waals surface area (Å²) < 4.78 is 1.77. The summed E-state index contributed by atoms with van der Waals surface area (Å²) in [6.45, 7) is 7.60. The van der Waals surface area contributed by atoms with Gasteiger partial charge in [-0.25, -0.2) is 0 Å². The lowest BCUT2D eigenvalue weighted by atomic mass is 10.1. The normalized spacial score (nSPS) is 19.4. The fraction of sp³-hybridized carbons (Fsp3) is 0.714. The lowest BCUT2D eigenvalue weighted by Crippen LogP contribution is -2.38. The highest BCUT2D eigenvalue weighted by Crippen LogP contribution is 2.22. The van der Waals surface area contributed by atoms with Crippen LogP contribution in [0.2, 0.25) is 0 Å². The second-order valence-corrected chi connectivity index (χ2v) is 5.40. The number of aliphatic hydroxyl groups excluding tert-OH is 1. The van der Waals surface area contributed by atoms with Crippen LogP contribution in [0.5, 0.6) is 0 Å². The molecular weight excluding hydrogens is 242 g/mol. The molecule has 1 aliphatic heterocycles. The third-order valence-corrected chi connectivity index (χ3v) is 3.76. The Balaban J connectivity index is 2.27. The monoisotopic (exact) mass is 265 g/mol. The molecule has 0 aromatic carbocycles. The van der Waals surface area contributed by atoms with Crippen LogP contribution in [0.1, 0.15) is 55.7 Å². The molecule has 1 aromatic rings. The number of hydrogen-bond donors (Lipinski definition) is 1. The Morgan fingerprint density at radius 1 is 1.58 bits per heavy atom. The maximum Gasteiger partial charge on any atom is 0.272 e. The summed E-state index contributed by atoms with van der Waals surface area (Å²) in [5, 5.41) is 13.8. The summed E-state index contributed by atoms with van der Waals surface area (Å²) in [5.74, 6) is 0.310. The summed E-state index contributed by atoms with van der Waals surface area (Å²) in [6.07, 6.45) is 1.85. The van der Waals surface area contributed by atoms with E-state index in [1.54, 1.807) is 9.58 Å². The average Bonchev–Trinajstić information content (AvgIpc) is 3.03. The van der Waals surface area contributed by atoms with E-state index in [4.69, 9.17) is 0 Å². The third-order valence-electron chi connectivity index (χ3n) is 3.76. The molecule has 0 spiro atoms. The van der Waals surface area contributed by atoms with Gasteiger partial charge in [-0.1, -0.05) is 13.8 Å². The van der Waals surface area contributed by atoms with E-state index in [9.17, 15) is 9.90 Å². The Morgan fingerprint density at radius 3 is 2.89 bits per heavy atom. The number of hydrogen-bond acceptors (Lipinski definition) is 3. The van der Waals surface area contributed by atoms with E-state index in [-0.39, 0.29) is 18.6 Å². The number of nitrogens with zero attached hydrogens (tertiary/aromatic N) is 3. The van der Waals surface area contributed by atoms with Gasteiger partial charge in [-0.15, -0.1) is 0 Å². The van der Waals surface area contributed by atoms with Gasteiger partial charge in [-0.3, -0.25) is 9.48 Å². The Bertz CT molecular complexity index is 454. The second kappa shape index (κ2) is 5.74. The smallest absolute Gasteiger partial charge is 0.272 e. The van der Waals surface area contributed by atoms with Crippen LogP contribution in [-0.4, -0.2) is 44.9 Å². The van der Waals surface area contributed by atoms with E-state index in [2.05, 4.69) is 18.9 Å². The molecule has 2 heterocycles. The molecule has 106 valence electrons. The molecule has 0 saturated carbocycles. The first kappa shape index (κ1) is 14.1. The lowest BCUT2D eigenvalue weighted by Gasteiger charge is -2.23. The number of carbonyl (C=O) groups is 1. The fourth-order valence-electron chi connectivity index (χ4n) is 2.57. The second-order valence-electron chi connectivity index (χ2n) is 5.40. The number of likely N-dealkylation sites (tertiary alicyclic amines) is 1. The van der Waals surface area contributed by atoms with Crippen LogP contribution in [-0.2, 0) is 6.54 Å². The van der Waals surface area contributed by atoms with Crippen LogP contribution >= 0.6 is 0 Å². The first-order valence-corrected chi connectivity index (χ1v) is 7.08. The minimum Gasteiger partial charge on any atom is -0.394 e. The molecule has 1 N–H and O–H groups in total. The molecule has 1 atom stereocenters. The topological polar surface area (TPSA) is 58.4 Å². The van der Waals surface area contributed by atoms with Gasteiger partial charge >= 0.3 is 0 Å². The quantitative estimate of drug-likeness (QED) is 0.900. The van der Waals surface area contributed by atoms with Gasteiger partial charge in [0.1, 0.15) is 5.69 Å². The number of aromatic nitrogens is 2. The Morgan fingerprint density at radius 2 is 2.32 bits per heavy atom. The van der Waals surface area contributed by atoms with Crippen LogP contribution in [0.25, 0.3) is 0 Å². The molecule has 1 aliphatic rings. The average molecular weight is 265 g/mol. The van der Waals surface area contributed by atoms with Gasteiger partial charge in [-0.05, 0) is 31.7 Å². The van der Waals surface area contributed by atoms with E-state index in [0.717, 1.165) is 25.1 Å². The highest BCUT2D eigenvalue weighted by Gasteiger charge is 2.30. The minimum atomic E-state index is -0.0322. The zero-order valence-electron chi connectivity index (χ0n) is 12.0. The molecule has 19 heavy (non-hydrogen) atoms. The van der Waals surface area contributed by atoms with E-state index in [0.29, 0.717) is 18.2 Å². The zero-order chi connectivity index (χ0) is 14.0. The zero-order valence-corrected chi connectivity index (χ0v) is 12.0. The first-order valence-electron chi connectivity index (χ1n) is 7.08. The van der Waals surface area contributed by atoms with E-state index in [1.807, 2.05) is 13.0 Å². The summed E-state index contributed by atoms with van der Waals surface area (Å²) in [6, 6.07) is 1.86. The van der Waals surface area contributed by atoms with Crippen molar-refractivity contribution >= 4 is 5.91 Å². The molecule has 0 unspecified atom stereocenters. The largest absolute Gasteiger partial charge is 0.394 e. The van der Waals surface area contributed by atoms with Gasteiger partial charge in [-0.2, -0.15) is 5.10 Å². The van der Waals surface area contributed by atoms with Crippen LogP contribution in [0.4, 0.5) is 0 Å². The Kier molecular flexibility index (Phi) is 4.24. The number of carbonyl (C=O) groups excluding carboxylic acids is 1. The van der Waals surface area contributed by atoms with Crippen LogP contribution < -0.4 is 0 Å². The molecule has 0 bridgehead atoms. The van der Waals surface area contributed by atoms with Gasteiger partial charge in [0.25, 0.3) is 5.91 Å². The Labute approximate surface area is 114 Å². The van der Waals surface area contributed by atoms with Crippen LogP contribution in [0.3, 0.4) is 0 Å². The van der Waals surface area contributed by atoms with Gasteiger partial charge in [0.2, 0.25) is 0 Å². The predicted octanol–water partition coefficient (Wildman–Crippen LogP) is 1.62. The minimum absolute atomic E-state index is 0.00204. The van der Waals surface area contributed by atoms with Crippen molar-refractivity contribution in [2.45, 2.75) is 52.1 Å². The SMILES string of the molecule is CCn1nc(C(C)C)cc1C(=O)N1CCC[C@H]1CO. The van der Waals surface area contributed by atoms with Crippen molar-refractivity contribution in [1.82, 2.24) is 14.7 Å². The Hall–Kier alpha value is -1.36. The molecule has 1 saturated heterocycles. The van der Waals surface area contributed by atoms with Crippen molar-refractivity contribution in [2.75, 3.05) is 13.2 Å². The number of amides is 1. The van der Waals surface area contributed by atoms with E-state index < -0.39 is 0 Å². The molecule has 1 amide bonds. The number of rotatable bonds is 4. The van der Waals surface area contributed by atoms with Crippen LogP contribution in [0, 0.1) is 0 Å². The predicted molar refractivity (Wildman–Crippen MR) is 73.1 cm³/mol. The molecule has 0 radical (unpaired) electrons. The van der Waals surface area contributed by atoms with E-state index in [1.165, 1.54) is 0 Å². The third kappa shape index (κ3) is 2.66. The standard InChI is InChI=1S/C14H23N3O2/c1-4-17-13(8-12(15-17)10(2)3)14(19)16-7-5-6-11(16)9-18/h8,10-11,18H,4-7,9H2,1-3H3/t11-/m0/s1. The van der Waals surface area contributed by atoms with Gasteiger partial charge < -0.3 is 10.0 Å². The lowest BCUT2D eigenvalue weighted by molar-refractivity contribution is 0.0665. The molecule has 0 aliphatic carbocycles. The summed E-state index contributed by atoms with van der Waals surface area (Å²) >= 11 is 0. The highest BCUT2D eigenvalue weighted by atomic mass is 16.3. The molecule has 5 nitrogen and oxygen atoms in total. The maximum atomic E-state index is 12.6. The maximum absolute atomic E-state index is 12.6. The number of aliphatic hydroxyl groups is 1. The highest BCUT2D eigenvalue weighted by molar-refractivity contribution is 5.93. The van der Waals surface area contributed by atoms with Crippen molar-refractivity contribution in [3.8, 4) is 0 Å². The molecule has 5 heteroatoms. The van der Waals surface area contributed by atoms with E-state index >= 15 is 0 Å². The van der Waals surface area contributed by atoms with Crippen molar-refractivity contribution in [2.24, 2.45) is 0 Å². The van der Waals surface area contributed by atoms with Crippen molar-refractivity contribution in [1.29, 1.82) is 0 Å². The van der Waals surface area contributed by atoms with Crippen LogP contribution in [0.15, 0.2) is 6.07 Å². The summed E-state index contributed by atoms with van der Waals surface area (Å²) in [5.41, 5.74) is 1.59. The summed E-state index contributed by atoms with van der Waals surface area (Å²) in [4.78, 5) is 14.4. The van der Waals surface area contributed by atoms with Crippen molar-refractivity contribution in [3.05, 3.63) is 17.5 Å². The first-order chi connectivity index (χ1) is 9.08. The molecule has 2 rings (SSSR count). The van der Waals surface area contributed by atoms with Gasteiger partial charge in [0.05, 0.1) is 18.3 Å². The van der Waals surface area contributed by atoms with Crippen molar-refractivity contribution < 1.29 is 9.90 Å². The van der Waals surface area contributed by atoms with Gasteiger partial charge in [0.15, 0.2) is 0 Å². The molecule has 1 fully saturated rings. The number of aryl methyl sites for hydroxylation is 1. The molecule has 1 aromatic heterocycles.